The number of aromatic nitrogens is 1. The van der Waals surface area contributed by atoms with Crippen LogP contribution < -0.4 is 5.32 Å². The Bertz CT molecular complexity index is 510. The Morgan fingerprint density at radius 2 is 2.29 bits per heavy atom. The molecule has 0 radical (unpaired) electrons. The van der Waals surface area contributed by atoms with Gasteiger partial charge in [0.1, 0.15) is 11.7 Å². The molecule has 0 aromatic carbocycles. The van der Waals surface area contributed by atoms with E-state index in [1.165, 1.54) is 0 Å². The van der Waals surface area contributed by atoms with E-state index in [1.54, 1.807) is 18.3 Å². The molecule has 4 nitrogen and oxygen atoms in total. The van der Waals surface area contributed by atoms with E-state index in [-0.39, 0.29) is 0 Å². The maximum Gasteiger partial charge on any atom is 0.405 e. The summed E-state index contributed by atoms with van der Waals surface area (Å²) in [5.41, 5.74) is 0.880. The van der Waals surface area contributed by atoms with Gasteiger partial charge in [-0.2, -0.15) is 13.2 Å². The van der Waals surface area contributed by atoms with E-state index < -0.39 is 24.7 Å². The summed E-state index contributed by atoms with van der Waals surface area (Å²) in [7, 11) is 0. The van der Waals surface area contributed by atoms with Crippen LogP contribution in [0.25, 0.3) is 0 Å². The second-order valence-corrected chi connectivity index (χ2v) is 5.34. The number of carbonyl (C=O) groups excluding carboxylic acids is 1. The van der Waals surface area contributed by atoms with Crippen LogP contribution in [-0.4, -0.2) is 41.1 Å². The van der Waals surface area contributed by atoms with E-state index in [0.717, 1.165) is 12.0 Å². The standard InChI is InChI=1S/C13H15ClF3N3O/c14-11-6-9(3-4-18-11)7-20-5-1-2-10(20)12(21)19-8-13(15,16)17/h3-4,6,10H,1-2,5,7-8H2,(H,19,21)/t10-/m1/s1. The van der Waals surface area contributed by atoms with Gasteiger partial charge in [0.2, 0.25) is 5.91 Å². The van der Waals surface area contributed by atoms with Crippen molar-refractivity contribution >= 4 is 17.5 Å². The molecule has 1 atom stereocenters. The minimum Gasteiger partial charge on any atom is -0.346 e. The van der Waals surface area contributed by atoms with Gasteiger partial charge in [-0.15, -0.1) is 0 Å². The highest BCUT2D eigenvalue weighted by Crippen LogP contribution is 2.21. The average Bonchev–Trinajstić information content (AvgIpc) is 2.83. The van der Waals surface area contributed by atoms with Crippen LogP contribution in [0.1, 0.15) is 18.4 Å². The van der Waals surface area contributed by atoms with Crippen molar-refractivity contribution in [1.82, 2.24) is 15.2 Å². The summed E-state index contributed by atoms with van der Waals surface area (Å²) in [6.07, 6.45) is -1.49. The number of nitrogens with zero attached hydrogens (tertiary/aromatic N) is 2. The van der Waals surface area contributed by atoms with Crippen LogP contribution in [0, 0.1) is 0 Å². The molecule has 21 heavy (non-hydrogen) atoms. The lowest BCUT2D eigenvalue weighted by Crippen LogP contribution is -2.45. The SMILES string of the molecule is O=C(NCC(F)(F)F)[C@H]1CCCN1Cc1ccnc(Cl)c1. The van der Waals surface area contributed by atoms with Gasteiger partial charge in [-0.05, 0) is 37.1 Å². The number of amides is 1. The van der Waals surface area contributed by atoms with Crippen LogP contribution in [0.3, 0.4) is 0 Å². The molecule has 1 N–H and O–H groups in total. The fourth-order valence-corrected chi connectivity index (χ4v) is 2.59. The molecule has 0 unspecified atom stereocenters. The molecule has 1 saturated heterocycles. The van der Waals surface area contributed by atoms with Crippen LogP contribution >= 0.6 is 11.6 Å². The monoisotopic (exact) mass is 321 g/mol. The normalized spacial score (nSPS) is 19.7. The lowest BCUT2D eigenvalue weighted by molar-refractivity contribution is -0.141. The lowest BCUT2D eigenvalue weighted by atomic mass is 10.2. The fraction of sp³-hybridized carbons (Fsp3) is 0.538. The molecule has 1 fully saturated rings. The first-order valence-corrected chi connectivity index (χ1v) is 6.92. The number of pyridine rings is 1. The predicted octanol–water partition coefficient (Wildman–Crippen LogP) is 2.38. The van der Waals surface area contributed by atoms with E-state index in [2.05, 4.69) is 4.98 Å². The van der Waals surface area contributed by atoms with Crippen LogP contribution in [0.4, 0.5) is 13.2 Å². The van der Waals surface area contributed by atoms with Gasteiger partial charge in [0.05, 0.1) is 6.04 Å². The van der Waals surface area contributed by atoms with Crippen LogP contribution in [0.15, 0.2) is 18.3 Å². The minimum atomic E-state index is -4.39. The van der Waals surface area contributed by atoms with Crippen molar-refractivity contribution in [2.75, 3.05) is 13.1 Å². The first-order valence-electron chi connectivity index (χ1n) is 6.54. The lowest BCUT2D eigenvalue weighted by Gasteiger charge is -2.24. The highest BCUT2D eigenvalue weighted by Gasteiger charge is 2.34. The molecule has 1 aliphatic rings. The molecule has 0 bridgehead atoms. The molecule has 1 aromatic rings. The highest BCUT2D eigenvalue weighted by atomic mass is 35.5. The van der Waals surface area contributed by atoms with Crippen molar-refractivity contribution in [3.63, 3.8) is 0 Å². The quantitative estimate of drug-likeness (QED) is 0.866. The van der Waals surface area contributed by atoms with Crippen molar-refractivity contribution in [3.8, 4) is 0 Å². The topological polar surface area (TPSA) is 45.2 Å². The van der Waals surface area contributed by atoms with E-state index >= 15 is 0 Å². The van der Waals surface area contributed by atoms with Crippen LogP contribution in [-0.2, 0) is 11.3 Å². The van der Waals surface area contributed by atoms with Crippen molar-refractivity contribution in [3.05, 3.63) is 29.0 Å². The Hall–Kier alpha value is -1.34. The minimum absolute atomic E-state index is 0.352. The third-order valence-corrected chi connectivity index (χ3v) is 3.51. The van der Waals surface area contributed by atoms with Gasteiger partial charge >= 0.3 is 6.18 Å². The van der Waals surface area contributed by atoms with E-state index in [9.17, 15) is 18.0 Å². The van der Waals surface area contributed by atoms with E-state index in [4.69, 9.17) is 11.6 Å². The van der Waals surface area contributed by atoms with Crippen molar-refractivity contribution in [2.24, 2.45) is 0 Å². The Kier molecular flexibility index (Phi) is 5.05. The molecule has 116 valence electrons. The number of hydrogen-bond acceptors (Lipinski definition) is 3. The number of carbonyl (C=O) groups is 1. The molecular formula is C13H15ClF3N3O. The van der Waals surface area contributed by atoms with Crippen molar-refractivity contribution in [2.45, 2.75) is 31.6 Å². The summed E-state index contributed by atoms with van der Waals surface area (Å²) in [5.74, 6) is -0.579. The van der Waals surface area contributed by atoms with Gasteiger partial charge in [-0.25, -0.2) is 4.98 Å². The second kappa shape index (κ2) is 6.62. The number of hydrogen-bond donors (Lipinski definition) is 1. The molecule has 0 aliphatic carbocycles. The Morgan fingerprint density at radius 3 is 2.95 bits per heavy atom. The van der Waals surface area contributed by atoms with Gasteiger partial charge < -0.3 is 5.32 Å². The van der Waals surface area contributed by atoms with Gasteiger partial charge in [0.25, 0.3) is 0 Å². The third-order valence-electron chi connectivity index (χ3n) is 3.31. The molecule has 0 spiro atoms. The molecule has 1 aliphatic heterocycles. The summed E-state index contributed by atoms with van der Waals surface area (Å²) in [5, 5.41) is 2.30. The Morgan fingerprint density at radius 1 is 1.52 bits per heavy atom. The second-order valence-electron chi connectivity index (χ2n) is 4.95. The Labute approximate surface area is 125 Å². The zero-order chi connectivity index (χ0) is 15.5. The zero-order valence-electron chi connectivity index (χ0n) is 11.2. The Balaban J connectivity index is 1.95. The zero-order valence-corrected chi connectivity index (χ0v) is 11.9. The molecule has 2 rings (SSSR count). The number of nitrogens with one attached hydrogen (secondary N) is 1. The maximum absolute atomic E-state index is 12.1. The van der Waals surface area contributed by atoms with Gasteiger partial charge in [0.15, 0.2) is 0 Å². The fourth-order valence-electron chi connectivity index (χ4n) is 2.39. The summed E-state index contributed by atoms with van der Waals surface area (Å²) in [4.78, 5) is 17.6. The highest BCUT2D eigenvalue weighted by molar-refractivity contribution is 6.29. The molecule has 8 heteroatoms. The summed E-state index contributed by atoms with van der Waals surface area (Å²) in [6.45, 7) is -0.159. The van der Waals surface area contributed by atoms with E-state index in [0.29, 0.717) is 24.7 Å². The summed E-state index contributed by atoms with van der Waals surface area (Å²) >= 11 is 5.80. The smallest absolute Gasteiger partial charge is 0.346 e. The average molecular weight is 322 g/mol. The summed E-state index contributed by atoms with van der Waals surface area (Å²) in [6, 6.07) is 2.93. The van der Waals surface area contributed by atoms with Crippen LogP contribution in [0.5, 0.6) is 0 Å². The van der Waals surface area contributed by atoms with Gasteiger partial charge in [0, 0.05) is 12.7 Å². The van der Waals surface area contributed by atoms with Crippen molar-refractivity contribution in [1.29, 1.82) is 0 Å². The van der Waals surface area contributed by atoms with Gasteiger partial charge in [-0.3, -0.25) is 9.69 Å². The van der Waals surface area contributed by atoms with E-state index in [1.807, 2.05) is 10.2 Å². The van der Waals surface area contributed by atoms with Crippen LogP contribution in [0.2, 0.25) is 5.15 Å². The number of alkyl halides is 3. The molecular weight excluding hydrogens is 307 g/mol. The number of rotatable bonds is 4. The molecule has 2 heterocycles. The van der Waals surface area contributed by atoms with Crippen molar-refractivity contribution < 1.29 is 18.0 Å². The van der Waals surface area contributed by atoms with Gasteiger partial charge in [-0.1, -0.05) is 11.6 Å². The maximum atomic E-state index is 12.1. The molecule has 0 saturated carbocycles. The predicted molar refractivity (Wildman–Crippen MR) is 71.7 cm³/mol. The number of likely N-dealkylation sites (tertiary alicyclic amines) is 1. The molecule has 1 aromatic heterocycles. The summed E-state index contributed by atoms with van der Waals surface area (Å²) < 4.78 is 36.4. The largest absolute Gasteiger partial charge is 0.405 e. The first kappa shape index (κ1) is 16.0. The molecule has 1 amide bonds. The number of halogens is 4. The third kappa shape index (κ3) is 4.86. The first-order chi connectivity index (χ1) is 9.85.